The molecular weight excluding hydrogens is 314 g/mol. The van der Waals surface area contributed by atoms with Crippen molar-refractivity contribution in [3.05, 3.63) is 59.7 Å². The van der Waals surface area contributed by atoms with Crippen molar-refractivity contribution >= 4 is 52.2 Å². The Balaban J connectivity index is 2.43. The molecule has 94 valence electrons. The Labute approximate surface area is 125 Å². The molecule has 18 heavy (non-hydrogen) atoms. The summed E-state index contributed by atoms with van der Waals surface area (Å²) in [5.41, 5.74) is 0.637. The number of hydrogen-bond donors (Lipinski definition) is 0. The van der Waals surface area contributed by atoms with Gasteiger partial charge in [0.2, 0.25) is 0 Å². The number of carbonyl (C=O) groups excluding carboxylic acids is 1. The van der Waals surface area contributed by atoms with Crippen LogP contribution in [0.3, 0.4) is 0 Å². The molecule has 0 saturated carbocycles. The predicted octanol–water partition coefficient (Wildman–Crippen LogP) is 4.71. The molecular formula is C13H8Cl4O. The monoisotopic (exact) mass is 320 g/mol. The lowest BCUT2D eigenvalue weighted by Gasteiger charge is -2.26. The summed E-state index contributed by atoms with van der Waals surface area (Å²) in [7, 11) is 0. The van der Waals surface area contributed by atoms with E-state index in [2.05, 4.69) is 0 Å². The number of allylic oxidation sites excluding steroid dienone is 4. The Morgan fingerprint density at radius 2 is 1.56 bits per heavy atom. The van der Waals surface area contributed by atoms with Crippen LogP contribution in [0, 0.1) is 0 Å². The van der Waals surface area contributed by atoms with Gasteiger partial charge in [-0.25, -0.2) is 0 Å². The first-order chi connectivity index (χ1) is 8.32. The molecule has 1 nitrogen and oxygen atoms in total. The average molecular weight is 322 g/mol. The van der Waals surface area contributed by atoms with Gasteiger partial charge in [-0.05, 0) is 18.2 Å². The van der Waals surface area contributed by atoms with Gasteiger partial charge in [-0.15, -0.1) is 0 Å². The minimum atomic E-state index is -1.42. The zero-order chi connectivity index (χ0) is 13.4. The number of carbonyl (C=O) groups is 1. The summed E-state index contributed by atoms with van der Waals surface area (Å²) in [5, 5.41) is 0. The lowest BCUT2D eigenvalue weighted by atomic mass is 9.95. The number of benzene rings is 1. The number of Topliss-reactive ketones (excluding diaryl/α,β-unsaturated/α-hetero) is 1. The highest BCUT2D eigenvalue weighted by Crippen LogP contribution is 2.42. The third-order valence-corrected chi connectivity index (χ3v) is 3.62. The smallest absolute Gasteiger partial charge is 0.192 e. The van der Waals surface area contributed by atoms with Crippen molar-refractivity contribution in [2.24, 2.45) is 0 Å². The van der Waals surface area contributed by atoms with Gasteiger partial charge in [0, 0.05) is 11.1 Å². The first kappa shape index (κ1) is 14.0. The standard InChI is InChI=1S/C13H8Cl4O/c14-12(15)6-7-13(16,17)10(8-12)11(18)9-4-2-1-3-5-9/h1-8H. The van der Waals surface area contributed by atoms with Crippen LogP contribution in [0.2, 0.25) is 0 Å². The molecule has 0 fully saturated rings. The SMILES string of the molecule is O=C(C1=CC(Cl)(Cl)C=CC1(Cl)Cl)c1ccccc1. The van der Waals surface area contributed by atoms with Crippen molar-refractivity contribution in [2.75, 3.05) is 0 Å². The molecule has 0 aliphatic heterocycles. The highest BCUT2D eigenvalue weighted by Gasteiger charge is 2.38. The molecule has 0 atom stereocenters. The summed E-state index contributed by atoms with van der Waals surface area (Å²) in [5.74, 6) is -0.296. The molecule has 0 radical (unpaired) electrons. The minimum Gasteiger partial charge on any atom is -0.289 e. The van der Waals surface area contributed by atoms with Crippen LogP contribution in [0.1, 0.15) is 10.4 Å². The van der Waals surface area contributed by atoms with Gasteiger partial charge in [0.15, 0.2) is 14.4 Å². The van der Waals surface area contributed by atoms with Crippen LogP contribution < -0.4 is 0 Å². The Morgan fingerprint density at radius 1 is 0.944 bits per heavy atom. The van der Waals surface area contributed by atoms with E-state index in [1.54, 1.807) is 24.3 Å². The largest absolute Gasteiger partial charge is 0.289 e. The third kappa shape index (κ3) is 2.92. The van der Waals surface area contributed by atoms with E-state index >= 15 is 0 Å². The topological polar surface area (TPSA) is 17.1 Å². The van der Waals surface area contributed by atoms with E-state index < -0.39 is 8.67 Å². The van der Waals surface area contributed by atoms with Crippen molar-refractivity contribution in [3.8, 4) is 0 Å². The van der Waals surface area contributed by atoms with Gasteiger partial charge in [0.1, 0.15) is 0 Å². The zero-order valence-electron chi connectivity index (χ0n) is 9.04. The third-order valence-electron chi connectivity index (χ3n) is 2.49. The van der Waals surface area contributed by atoms with Crippen LogP contribution in [0.5, 0.6) is 0 Å². The van der Waals surface area contributed by atoms with Crippen LogP contribution in [0.4, 0.5) is 0 Å². The average Bonchev–Trinajstić information content (AvgIpc) is 2.33. The molecule has 0 bridgehead atoms. The Kier molecular flexibility index (Phi) is 3.80. The lowest BCUT2D eigenvalue weighted by molar-refractivity contribution is 0.103. The van der Waals surface area contributed by atoms with E-state index in [1.807, 2.05) is 6.07 Å². The molecule has 1 aromatic carbocycles. The van der Waals surface area contributed by atoms with Crippen LogP contribution in [-0.4, -0.2) is 14.4 Å². The molecule has 0 heterocycles. The lowest BCUT2D eigenvalue weighted by Crippen LogP contribution is -2.28. The van der Waals surface area contributed by atoms with Crippen LogP contribution >= 0.6 is 46.4 Å². The van der Waals surface area contributed by atoms with Gasteiger partial charge < -0.3 is 0 Å². The second-order valence-electron chi connectivity index (χ2n) is 3.88. The summed E-state index contributed by atoms with van der Waals surface area (Å²) in [6, 6.07) is 8.68. The molecule has 0 spiro atoms. The van der Waals surface area contributed by atoms with Gasteiger partial charge >= 0.3 is 0 Å². The number of halogens is 4. The van der Waals surface area contributed by atoms with E-state index in [0.717, 1.165) is 0 Å². The normalized spacial score (nSPS) is 20.3. The Morgan fingerprint density at radius 3 is 2.17 bits per heavy atom. The fraction of sp³-hybridized carbons (Fsp3) is 0.154. The first-order valence-corrected chi connectivity index (χ1v) is 6.62. The predicted molar refractivity (Wildman–Crippen MR) is 76.9 cm³/mol. The van der Waals surface area contributed by atoms with E-state index in [-0.39, 0.29) is 11.4 Å². The molecule has 0 saturated heterocycles. The van der Waals surface area contributed by atoms with Gasteiger partial charge in [-0.2, -0.15) is 0 Å². The Hall–Kier alpha value is -0.470. The summed E-state index contributed by atoms with van der Waals surface area (Å²) in [6.07, 6.45) is 4.22. The molecule has 0 amide bonds. The van der Waals surface area contributed by atoms with Gasteiger partial charge in [-0.1, -0.05) is 76.7 Å². The minimum absolute atomic E-state index is 0.157. The van der Waals surface area contributed by atoms with Crippen molar-refractivity contribution in [2.45, 2.75) is 8.67 Å². The molecule has 0 unspecified atom stereocenters. The molecule has 0 N–H and O–H groups in total. The molecule has 1 aliphatic carbocycles. The summed E-state index contributed by atoms with van der Waals surface area (Å²) in [6.45, 7) is 0. The van der Waals surface area contributed by atoms with Crippen molar-refractivity contribution in [1.29, 1.82) is 0 Å². The fourth-order valence-electron chi connectivity index (χ4n) is 1.60. The van der Waals surface area contributed by atoms with Crippen molar-refractivity contribution in [3.63, 3.8) is 0 Å². The highest BCUT2D eigenvalue weighted by molar-refractivity contribution is 6.57. The number of hydrogen-bond acceptors (Lipinski definition) is 1. The van der Waals surface area contributed by atoms with Gasteiger partial charge in [0.25, 0.3) is 0 Å². The summed E-state index contributed by atoms with van der Waals surface area (Å²) >= 11 is 24.1. The van der Waals surface area contributed by atoms with E-state index in [0.29, 0.717) is 5.56 Å². The molecule has 0 aromatic heterocycles. The van der Waals surface area contributed by atoms with Crippen LogP contribution in [-0.2, 0) is 0 Å². The second-order valence-corrected chi connectivity index (χ2v) is 6.71. The first-order valence-electron chi connectivity index (χ1n) is 5.11. The van der Waals surface area contributed by atoms with Gasteiger partial charge in [-0.3, -0.25) is 4.79 Å². The maximum absolute atomic E-state index is 12.3. The number of ketones is 1. The van der Waals surface area contributed by atoms with Crippen LogP contribution in [0.15, 0.2) is 54.1 Å². The van der Waals surface area contributed by atoms with Crippen LogP contribution in [0.25, 0.3) is 0 Å². The number of alkyl halides is 4. The van der Waals surface area contributed by atoms with Crippen molar-refractivity contribution in [1.82, 2.24) is 0 Å². The molecule has 1 aromatic rings. The highest BCUT2D eigenvalue weighted by atomic mass is 35.5. The fourth-order valence-corrected chi connectivity index (χ4v) is 2.36. The maximum atomic E-state index is 12.3. The summed E-state index contributed by atoms with van der Waals surface area (Å²) in [4.78, 5) is 12.3. The molecule has 1 aliphatic rings. The van der Waals surface area contributed by atoms with E-state index in [9.17, 15) is 4.79 Å². The van der Waals surface area contributed by atoms with E-state index in [4.69, 9.17) is 46.4 Å². The summed E-state index contributed by atoms with van der Waals surface area (Å²) < 4.78 is -2.69. The quantitative estimate of drug-likeness (QED) is 0.438. The molecule has 5 heteroatoms. The number of rotatable bonds is 2. The van der Waals surface area contributed by atoms with Crippen molar-refractivity contribution < 1.29 is 4.79 Å². The molecule has 2 rings (SSSR count). The van der Waals surface area contributed by atoms with Gasteiger partial charge in [0.05, 0.1) is 0 Å². The zero-order valence-corrected chi connectivity index (χ0v) is 12.1. The maximum Gasteiger partial charge on any atom is 0.192 e. The Bertz CT molecular complexity index is 529. The second kappa shape index (κ2) is 4.90. The van der Waals surface area contributed by atoms with E-state index in [1.165, 1.54) is 18.2 Å².